The molecular weight excluding hydrogens is 519 g/mol. The van der Waals surface area contributed by atoms with E-state index in [1.54, 1.807) is 14.2 Å². The maximum atomic E-state index is 12.1. The Morgan fingerprint density at radius 2 is 1.93 bits per heavy atom. The number of halogens is 2. The van der Waals surface area contributed by atoms with Gasteiger partial charge in [-0.25, -0.2) is 0 Å². The molecule has 0 atom stereocenters. The van der Waals surface area contributed by atoms with Crippen LogP contribution in [0.15, 0.2) is 23.2 Å². The fourth-order valence-corrected chi connectivity index (χ4v) is 3.67. The molecule has 9 heteroatoms. The van der Waals surface area contributed by atoms with E-state index >= 15 is 0 Å². The molecule has 0 aliphatic carbocycles. The lowest BCUT2D eigenvalue weighted by Gasteiger charge is -2.39. The van der Waals surface area contributed by atoms with Gasteiger partial charge >= 0.3 is 0 Å². The lowest BCUT2D eigenvalue weighted by Crippen LogP contribution is -2.51. The molecular formula is C21H34ClIN4O3. The summed E-state index contributed by atoms with van der Waals surface area (Å²) < 4.78 is 11.2. The zero-order chi connectivity index (χ0) is 21.5. The quantitative estimate of drug-likeness (QED) is 0.287. The first-order valence-corrected chi connectivity index (χ1v) is 10.2. The number of carbonyl (C=O) groups excluding carboxylic acids is 1. The Hall–Kier alpha value is -1.26. The van der Waals surface area contributed by atoms with Crippen molar-refractivity contribution in [2.45, 2.75) is 44.6 Å². The van der Waals surface area contributed by atoms with Crippen LogP contribution < -0.4 is 20.7 Å². The molecule has 1 aliphatic heterocycles. The summed E-state index contributed by atoms with van der Waals surface area (Å²) in [7, 11) is 3.36. The summed E-state index contributed by atoms with van der Waals surface area (Å²) in [6.45, 7) is 7.94. The molecule has 1 amide bonds. The summed E-state index contributed by atoms with van der Waals surface area (Å²) >= 11 is 6.29. The van der Waals surface area contributed by atoms with Gasteiger partial charge < -0.3 is 25.4 Å². The molecule has 0 bridgehead atoms. The largest absolute Gasteiger partial charge is 0.496 e. The average molecular weight is 553 g/mol. The molecule has 2 rings (SSSR count). The van der Waals surface area contributed by atoms with E-state index in [1.165, 1.54) is 0 Å². The predicted octanol–water partition coefficient (Wildman–Crippen LogP) is 3.09. The van der Waals surface area contributed by atoms with Gasteiger partial charge in [0, 0.05) is 48.3 Å². The third-order valence-corrected chi connectivity index (χ3v) is 5.17. The number of carbonyl (C=O) groups is 1. The SMILES string of the molecule is CN=C(NCC(=O)NC(C)(C)C)NCC1(c2cc(Cl)ccc2OC)CCOCC1.I. The maximum absolute atomic E-state index is 12.1. The van der Waals surface area contributed by atoms with Crippen molar-refractivity contribution in [3.05, 3.63) is 28.8 Å². The fraction of sp³-hybridized carbons (Fsp3) is 0.619. The number of rotatable bonds is 6. The Labute approximate surface area is 201 Å². The van der Waals surface area contributed by atoms with Gasteiger partial charge in [0.1, 0.15) is 5.75 Å². The van der Waals surface area contributed by atoms with Crippen LogP contribution in [0.4, 0.5) is 0 Å². The number of hydrogen-bond donors (Lipinski definition) is 3. The molecule has 0 saturated carbocycles. The van der Waals surface area contributed by atoms with Gasteiger partial charge in [-0.15, -0.1) is 24.0 Å². The van der Waals surface area contributed by atoms with Crippen molar-refractivity contribution in [2.24, 2.45) is 4.99 Å². The Balaban J connectivity index is 0.00000450. The number of nitrogens with one attached hydrogen (secondary N) is 3. The minimum atomic E-state index is -0.273. The Kier molecular flexibility index (Phi) is 10.7. The molecule has 1 heterocycles. The number of ether oxygens (including phenoxy) is 2. The van der Waals surface area contributed by atoms with Crippen molar-refractivity contribution in [3.8, 4) is 5.75 Å². The van der Waals surface area contributed by atoms with E-state index < -0.39 is 0 Å². The highest BCUT2D eigenvalue weighted by Gasteiger charge is 2.37. The van der Waals surface area contributed by atoms with Crippen molar-refractivity contribution < 1.29 is 14.3 Å². The first-order chi connectivity index (χ1) is 13.7. The molecule has 1 aliphatic rings. The first kappa shape index (κ1) is 26.8. The highest BCUT2D eigenvalue weighted by atomic mass is 127. The summed E-state index contributed by atoms with van der Waals surface area (Å²) in [6, 6.07) is 5.71. The third-order valence-electron chi connectivity index (χ3n) is 4.93. The minimum absolute atomic E-state index is 0. The van der Waals surface area contributed by atoms with Gasteiger partial charge in [0.05, 0.1) is 13.7 Å². The molecule has 0 unspecified atom stereocenters. The van der Waals surface area contributed by atoms with Crippen molar-refractivity contribution in [2.75, 3.05) is 40.5 Å². The first-order valence-electron chi connectivity index (χ1n) is 9.86. The number of guanidine groups is 1. The molecule has 0 aromatic heterocycles. The van der Waals surface area contributed by atoms with Crippen LogP contribution in [0.3, 0.4) is 0 Å². The second kappa shape index (κ2) is 12.0. The van der Waals surface area contributed by atoms with Crippen LogP contribution in [-0.2, 0) is 14.9 Å². The lowest BCUT2D eigenvalue weighted by atomic mass is 9.73. The van der Waals surface area contributed by atoms with E-state index in [-0.39, 0.29) is 47.4 Å². The molecule has 170 valence electrons. The summed E-state index contributed by atoms with van der Waals surface area (Å²) in [5.41, 5.74) is 0.578. The number of hydrogen-bond acceptors (Lipinski definition) is 4. The van der Waals surface area contributed by atoms with E-state index in [4.69, 9.17) is 21.1 Å². The zero-order valence-corrected chi connectivity index (χ0v) is 21.5. The molecule has 30 heavy (non-hydrogen) atoms. The Morgan fingerprint density at radius 3 is 2.50 bits per heavy atom. The standard InChI is InChI=1S/C21H33ClN4O3.HI/c1-20(2,3)26-18(27)13-24-19(23-4)25-14-21(8-10-29-11-9-21)16-12-15(22)6-7-17(16)28-5;/h6-7,12H,8-11,13-14H2,1-5H3,(H,26,27)(H2,23,24,25);1H. The molecule has 0 spiro atoms. The monoisotopic (exact) mass is 552 g/mol. The average Bonchev–Trinajstić information content (AvgIpc) is 2.67. The van der Waals surface area contributed by atoms with E-state index in [1.807, 2.05) is 39.0 Å². The molecule has 1 fully saturated rings. The number of aliphatic imine (C=N–C) groups is 1. The highest BCUT2D eigenvalue weighted by molar-refractivity contribution is 14.0. The molecule has 7 nitrogen and oxygen atoms in total. The van der Waals surface area contributed by atoms with Crippen LogP contribution in [0.25, 0.3) is 0 Å². The van der Waals surface area contributed by atoms with Crippen LogP contribution in [-0.4, -0.2) is 57.9 Å². The van der Waals surface area contributed by atoms with Gasteiger partial charge in [-0.05, 0) is 51.8 Å². The van der Waals surface area contributed by atoms with Crippen LogP contribution in [0.2, 0.25) is 5.02 Å². The topological polar surface area (TPSA) is 84.0 Å². The Morgan fingerprint density at radius 1 is 1.27 bits per heavy atom. The summed E-state index contributed by atoms with van der Waals surface area (Å²) in [5, 5.41) is 10.1. The van der Waals surface area contributed by atoms with E-state index in [2.05, 4.69) is 20.9 Å². The number of amides is 1. The van der Waals surface area contributed by atoms with Gasteiger partial charge in [-0.3, -0.25) is 9.79 Å². The minimum Gasteiger partial charge on any atom is -0.496 e. The molecule has 0 radical (unpaired) electrons. The fourth-order valence-electron chi connectivity index (χ4n) is 3.50. The van der Waals surface area contributed by atoms with E-state index in [0.29, 0.717) is 30.7 Å². The van der Waals surface area contributed by atoms with Crippen molar-refractivity contribution in [3.63, 3.8) is 0 Å². The molecule has 1 aromatic rings. The Bertz CT molecular complexity index is 731. The summed E-state index contributed by atoms with van der Waals surface area (Å²) in [6.07, 6.45) is 1.66. The van der Waals surface area contributed by atoms with Gasteiger partial charge in [-0.2, -0.15) is 0 Å². The maximum Gasteiger partial charge on any atom is 0.239 e. The smallest absolute Gasteiger partial charge is 0.239 e. The summed E-state index contributed by atoms with van der Waals surface area (Å²) in [5.74, 6) is 1.30. The van der Waals surface area contributed by atoms with Gasteiger partial charge in [0.15, 0.2) is 5.96 Å². The second-order valence-electron chi connectivity index (χ2n) is 8.31. The molecule has 1 aromatic carbocycles. The van der Waals surface area contributed by atoms with Crippen LogP contribution in [0.1, 0.15) is 39.2 Å². The second-order valence-corrected chi connectivity index (χ2v) is 8.75. The normalized spacial score (nSPS) is 16.3. The van der Waals surface area contributed by atoms with E-state index in [0.717, 1.165) is 24.2 Å². The summed E-state index contributed by atoms with van der Waals surface area (Å²) in [4.78, 5) is 16.3. The third kappa shape index (κ3) is 7.77. The van der Waals surface area contributed by atoms with E-state index in [9.17, 15) is 4.79 Å². The van der Waals surface area contributed by atoms with Crippen LogP contribution in [0.5, 0.6) is 5.75 Å². The number of benzene rings is 1. The lowest BCUT2D eigenvalue weighted by molar-refractivity contribution is -0.121. The van der Waals surface area contributed by atoms with Gasteiger partial charge in [0.2, 0.25) is 5.91 Å². The molecule has 1 saturated heterocycles. The number of methoxy groups -OCH3 is 1. The zero-order valence-electron chi connectivity index (χ0n) is 18.4. The van der Waals surface area contributed by atoms with Crippen molar-refractivity contribution in [1.29, 1.82) is 0 Å². The van der Waals surface area contributed by atoms with Crippen molar-refractivity contribution >= 4 is 47.4 Å². The van der Waals surface area contributed by atoms with Gasteiger partial charge in [-0.1, -0.05) is 11.6 Å². The van der Waals surface area contributed by atoms with Crippen molar-refractivity contribution in [1.82, 2.24) is 16.0 Å². The molecule has 3 N–H and O–H groups in total. The highest BCUT2D eigenvalue weighted by Crippen LogP contribution is 2.40. The van der Waals surface area contributed by atoms with Crippen LogP contribution in [0, 0.1) is 0 Å². The van der Waals surface area contributed by atoms with Gasteiger partial charge in [0.25, 0.3) is 0 Å². The predicted molar refractivity (Wildman–Crippen MR) is 132 cm³/mol. The van der Waals surface area contributed by atoms with Crippen LogP contribution >= 0.6 is 35.6 Å². The number of nitrogens with zero attached hydrogens (tertiary/aromatic N) is 1.